The van der Waals surface area contributed by atoms with Gasteiger partial charge in [0.1, 0.15) is 0 Å². The van der Waals surface area contributed by atoms with Gasteiger partial charge in [0.2, 0.25) is 0 Å². The van der Waals surface area contributed by atoms with Crippen LogP contribution in [0.2, 0.25) is 0 Å². The van der Waals surface area contributed by atoms with E-state index in [1.54, 1.807) is 0 Å². The minimum atomic E-state index is -0.364. The summed E-state index contributed by atoms with van der Waals surface area (Å²) in [7, 11) is 0. The van der Waals surface area contributed by atoms with Crippen molar-refractivity contribution in [3.63, 3.8) is 0 Å². The Morgan fingerprint density at radius 1 is 0.900 bits per heavy atom. The number of carbonyl (C=O) groups is 2. The first kappa shape index (κ1) is 18.9. The maximum atomic E-state index is 11.9. The zero-order valence-electron chi connectivity index (χ0n) is 13.5. The number of hydrogen-bond acceptors (Lipinski definition) is 4. The molecule has 0 aliphatic rings. The minimum Gasteiger partial charge on any atom is -0.466 e. The van der Waals surface area contributed by atoms with Gasteiger partial charge in [-0.1, -0.05) is 26.2 Å². The second-order valence-electron chi connectivity index (χ2n) is 5.35. The van der Waals surface area contributed by atoms with Crippen LogP contribution in [0.5, 0.6) is 0 Å². The molecule has 0 aromatic rings. The number of hydrogen-bond donors (Lipinski definition) is 0. The van der Waals surface area contributed by atoms with Crippen LogP contribution in [0.15, 0.2) is 0 Å². The Morgan fingerprint density at radius 3 is 2.05 bits per heavy atom. The summed E-state index contributed by atoms with van der Waals surface area (Å²) in [5.74, 6) is -0.202. The highest BCUT2D eigenvalue weighted by Crippen LogP contribution is 2.30. The predicted molar refractivity (Wildman–Crippen MR) is 79.4 cm³/mol. The van der Waals surface area contributed by atoms with Gasteiger partial charge >= 0.3 is 11.9 Å². The largest absolute Gasteiger partial charge is 0.466 e. The lowest BCUT2D eigenvalue weighted by molar-refractivity contribution is -0.155. The fourth-order valence-electron chi connectivity index (χ4n) is 2.10. The van der Waals surface area contributed by atoms with Gasteiger partial charge in [-0.25, -0.2) is 0 Å². The van der Waals surface area contributed by atoms with Crippen molar-refractivity contribution < 1.29 is 19.1 Å². The van der Waals surface area contributed by atoms with Crippen LogP contribution in [-0.2, 0) is 19.1 Å². The average Bonchev–Trinajstić information content (AvgIpc) is 2.42. The molecule has 1 unspecified atom stereocenters. The maximum absolute atomic E-state index is 11.9. The quantitative estimate of drug-likeness (QED) is 0.427. The van der Waals surface area contributed by atoms with Gasteiger partial charge in [0.25, 0.3) is 0 Å². The lowest BCUT2D eigenvalue weighted by Gasteiger charge is -2.25. The zero-order valence-corrected chi connectivity index (χ0v) is 13.5. The van der Waals surface area contributed by atoms with E-state index in [0.717, 1.165) is 38.5 Å². The van der Waals surface area contributed by atoms with Gasteiger partial charge in [-0.2, -0.15) is 0 Å². The van der Waals surface area contributed by atoms with Crippen LogP contribution in [0.1, 0.15) is 72.6 Å². The molecule has 0 radical (unpaired) electrons. The van der Waals surface area contributed by atoms with Crippen molar-refractivity contribution in [1.82, 2.24) is 0 Å². The number of esters is 2. The van der Waals surface area contributed by atoms with Gasteiger partial charge in [0.05, 0.1) is 18.6 Å². The molecule has 0 spiro atoms. The molecule has 0 aliphatic heterocycles. The fourth-order valence-corrected chi connectivity index (χ4v) is 2.10. The molecule has 0 aromatic heterocycles. The highest BCUT2D eigenvalue weighted by atomic mass is 16.5. The van der Waals surface area contributed by atoms with E-state index in [4.69, 9.17) is 9.47 Å². The van der Waals surface area contributed by atoms with Crippen LogP contribution in [0, 0.1) is 5.41 Å². The van der Waals surface area contributed by atoms with Crippen LogP contribution in [-0.4, -0.2) is 25.2 Å². The number of rotatable bonds is 11. The first-order valence-electron chi connectivity index (χ1n) is 7.83. The minimum absolute atomic E-state index is 0.0889. The molecule has 0 bridgehead atoms. The molecule has 4 heteroatoms. The Bertz CT molecular complexity index is 288. The van der Waals surface area contributed by atoms with E-state index < -0.39 is 0 Å². The molecule has 118 valence electrons. The number of carbonyl (C=O) groups excluding carboxylic acids is 2. The molecule has 0 rings (SSSR count). The van der Waals surface area contributed by atoms with Crippen LogP contribution in [0.3, 0.4) is 0 Å². The van der Waals surface area contributed by atoms with Gasteiger partial charge in [-0.3, -0.25) is 9.59 Å². The third-order valence-electron chi connectivity index (χ3n) is 3.71. The van der Waals surface area contributed by atoms with Crippen molar-refractivity contribution in [2.75, 3.05) is 13.2 Å². The predicted octanol–water partition coefficient (Wildman–Crippen LogP) is 3.87. The Kier molecular flexibility index (Phi) is 10.1. The summed E-state index contributed by atoms with van der Waals surface area (Å²) in [6, 6.07) is 0. The molecule has 0 heterocycles. The Morgan fingerprint density at radius 2 is 1.50 bits per heavy atom. The molecule has 0 N–H and O–H groups in total. The van der Waals surface area contributed by atoms with Crippen molar-refractivity contribution in [2.24, 2.45) is 5.41 Å². The number of unbranched alkanes of at least 4 members (excludes halogenated alkanes) is 3. The molecule has 0 saturated carbocycles. The lowest BCUT2D eigenvalue weighted by Crippen LogP contribution is -2.29. The van der Waals surface area contributed by atoms with E-state index in [-0.39, 0.29) is 17.4 Å². The van der Waals surface area contributed by atoms with E-state index in [1.807, 2.05) is 27.7 Å². The molecular weight excluding hydrogens is 256 g/mol. The van der Waals surface area contributed by atoms with Gasteiger partial charge in [-0.15, -0.1) is 0 Å². The molecule has 0 fully saturated rings. The molecular formula is C16H30O4. The van der Waals surface area contributed by atoms with E-state index in [0.29, 0.717) is 19.6 Å². The lowest BCUT2D eigenvalue weighted by atomic mass is 9.82. The van der Waals surface area contributed by atoms with Crippen molar-refractivity contribution in [1.29, 1.82) is 0 Å². The smallest absolute Gasteiger partial charge is 0.311 e. The molecule has 0 saturated heterocycles. The normalized spacial score (nSPS) is 13.6. The van der Waals surface area contributed by atoms with Crippen molar-refractivity contribution in [2.45, 2.75) is 72.6 Å². The summed E-state index contributed by atoms with van der Waals surface area (Å²) in [4.78, 5) is 23.1. The van der Waals surface area contributed by atoms with E-state index >= 15 is 0 Å². The van der Waals surface area contributed by atoms with Crippen LogP contribution >= 0.6 is 0 Å². The van der Waals surface area contributed by atoms with Gasteiger partial charge in [0.15, 0.2) is 0 Å². The molecule has 4 nitrogen and oxygen atoms in total. The van der Waals surface area contributed by atoms with E-state index in [1.165, 1.54) is 0 Å². The van der Waals surface area contributed by atoms with Gasteiger partial charge in [0, 0.05) is 6.42 Å². The summed E-state index contributed by atoms with van der Waals surface area (Å²) < 4.78 is 10.0. The van der Waals surface area contributed by atoms with Crippen molar-refractivity contribution in [3.8, 4) is 0 Å². The molecule has 0 amide bonds. The van der Waals surface area contributed by atoms with Gasteiger partial charge in [-0.05, 0) is 40.0 Å². The Labute approximate surface area is 123 Å². The molecule has 0 aromatic carbocycles. The summed E-state index contributed by atoms with van der Waals surface area (Å²) in [6.45, 7) is 8.55. The SMILES string of the molecule is CCOC(=O)CCCCCCC(C)(CC)C(=O)OCC. The Balaban J connectivity index is 3.81. The Hall–Kier alpha value is -1.06. The molecule has 1 atom stereocenters. The summed E-state index contributed by atoms with van der Waals surface area (Å²) in [5.41, 5.74) is -0.364. The third-order valence-corrected chi connectivity index (χ3v) is 3.71. The number of ether oxygens (including phenoxy) is 2. The topological polar surface area (TPSA) is 52.6 Å². The third kappa shape index (κ3) is 7.51. The standard InChI is InChI=1S/C16H30O4/c1-5-16(4,15(18)20-7-3)13-11-9-8-10-12-14(17)19-6-2/h5-13H2,1-4H3. The van der Waals surface area contributed by atoms with Crippen LogP contribution in [0.4, 0.5) is 0 Å². The van der Waals surface area contributed by atoms with E-state index in [2.05, 4.69) is 0 Å². The highest BCUT2D eigenvalue weighted by Gasteiger charge is 2.31. The average molecular weight is 286 g/mol. The highest BCUT2D eigenvalue weighted by molar-refractivity contribution is 5.76. The van der Waals surface area contributed by atoms with E-state index in [9.17, 15) is 9.59 Å². The van der Waals surface area contributed by atoms with Crippen LogP contribution < -0.4 is 0 Å². The maximum Gasteiger partial charge on any atom is 0.311 e. The van der Waals surface area contributed by atoms with Crippen molar-refractivity contribution >= 4 is 11.9 Å². The fraction of sp³-hybridized carbons (Fsp3) is 0.875. The molecule has 20 heavy (non-hydrogen) atoms. The van der Waals surface area contributed by atoms with Gasteiger partial charge < -0.3 is 9.47 Å². The first-order chi connectivity index (χ1) is 9.50. The summed E-state index contributed by atoms with van der Waals surface area (Å²) >= 11 is 0. The first-order valence-corrected chi connectivity index (χ1v) is 7.83. The monoisotopic (exact) mass is 286 g/mol. The summed E-state index contributed by atoms with van der Waals surface area (Å²) in [6.07, 6.45) is 6.04. The van der Waals surface area contributed by atoms with Crippen LogP contribution in [0.25, 0.3) is 0 Å². The second kappa shape index (κ2) is 10.7. The summed E-state index contributed by atoms with van der Waals surface area (Å²) in [5, 5.41) is 0. The zero-order chi connectivity index (χ0) is 15.4. The molecule has 0 aliphatic carbocycles. The van der Waals surface area contributed by atoms with Crippen molar-refractivity contribution in [3.05, 3.63) is 0 Å². The second-order valence-corrected chi connectivity index (χ2v) is 5.35.